The first-order chi connectivity index (χ1) is 14.7. The first-order valence-corrected chi connectivity index (χ1v) is 12.2. The molecular formula is C19H14Br3ClN4O3S. The van der Waals surface area contributed by atoms with Gasteiger partial charge in [-0.05, 0) is 78.1 Å². The van der Waals surface area contributed by atoms with Crippen molar-refractivity contribution in [2.75, 3.05) is 23.9 Å². The van der Waals surface area contributed by atoms with Crippen LogP contribution in [0.2, 0.25) is 5.02 Å². The van der Waals surface area contributed by atoms with Crippen LogP contribution in [0.15, 0.2) is 59.8 Å². The van der Waals surface area contributed by atoms with Crippen LogP contribution in [0.3, 0.4) is 0 Å². The molecule has 162 valence electrons. The van der Waals surface area contributed by atoms with Crippen LogP contribution in [0, 0.1) is 0 Å². The third-order valence-corrected chi connectivity index (χ3v) is 7.10. The molecule has 0 aliphatic rings. The number of ether oxygens (including phenoxy) is 1. The summed E-state index contributed by atoms with van der Waals surface area (Å²) in [5.41, 5.74) is 6.74. The zero-order chi connectivity index (χ0) is 22.7. The van der Waals surface area contributed by atoms with E-state index < -0.39 is 5.56 Å². The van der Waals surface area contributed by atoms with E-state index in [1.165, 1.54) is 13.2 Å². The Morgan fingerprint density at radius 1 is 1.23 bits per heavy atom. The summed E-state index contributed by atoms with van der Waals surface area (Å²) in [6, 6.07) is 9.89. The van der Waals surface area contributed by atoms with E-state index in [0.717, 1.165) is 16.2 Å². The number of amides is 1. The summed E-state index contributed by atoms with van der Waals surface area (Å²) in [7, 11) is 1.53. The lowest BCUT2D eigenvalue weighted by Gasteiger charge is -2.16. The van der Waals surface area contributed by atoms with Gasteiger partial charge in [0.1, 0.15) is 11.6 Å². The van der Waals surface area contributed by atoms with E-state index >= 15 is 0 Å². The highest BCUT2D eigenvalue weighted by Gasteiger charge is 2.18. The SMILES string of the molecule is COc1c(Br)cc(Br)c(NC(=O)CSc2nc(=O)cc(N)n2-c2ccc(Cl)cc2)c1Br. The number of nitrogen functional groups attached to an aromatic ring is 1. The number of thioether (sulfide) groups is 1. The van der Waals surface area contributed by atoms with Gasteiger partial charge in [0, 0.05) is 21.2 Å². The Hall–Kier alpha value is -1.53. The minimum absolute atomic E-state index is 0.0132. The topological polar surface area (TPSA) is 99.2 Å². The van der Waals surface area contributed by atoms with Gasteiger partial charge in [-0.3, -0.25) is 14.2 Å². The molecule has 1 aromatic heterocycles. The number of nitrogens with two attached hydrogens (primary N) is 1. The number of methoxy groups -OCH3 is 1. The molecule has 0 aliphatic carbocycles. The molecule has 0 saturated heterocycles. The van der Waals surface area contributed by atoms with E-state index in [0.29, 0.717) is 31.1 Å². The van der Waals surface area contributed by atoms with Crippen molar-refractivity contribution in [3.8, 4) is 11.4 Å². The van der Waals surface area contributed by atoms with Crippen LogP contribution in [0.4, 0.5) is 11.5 Å². The second kappa shape index (κ2) is 10.4. The van der Waals surface area contributed by atoms with Gasteiger partial charge in [-0.1, -0.05) is 23.4 Å². The van der Waals surface area contributed by atoms with Gasteiger partial charge in [-0.15, -0.1) is 0 Å². The van der Waals surface area contributed by atoms with Crippen molar-refractivity contribution in [2.24, 2.45) is 0 Å². The van der Waals surface area contributed by atoms with Crippen molar-refractivity contribution in [1.29, 1.82) is 0 Å². The van der Waals surface area contributed by atoms with Crippen molar-refractivity contribution >= 4 is 88.6 Å². The number of hydrogen-bond acceptors (Lipinski definition) is 6. The minimum atomic E-state index is -0.492. The molecule has 31 heavy (non-hydrogen) atoms. The number of nitrogens with one attached hydrogen (secondary N) is 1. The number of benzene rings is 2. The molecule has 12 heteroatoms. The molecule has 0 saturated carbocycles. The summed E-state index contributed by atoms with van der Waals surface area (Å²) in [4.78, 5) is 28.6. The van der Waals surface area contributed by atoms with Gasteiger partial charge in [-0.2, -0.15) is 4.98 Å². The number of halogens is 4. The highest BCUT2D eigenvalue weighted by Crippen LogP contribution is 2.43. The van der Waals surface area contributed by atoms with Crippen LogP contribution >= 0.6 is 71.2 Å². The molecule has 1 heterocycles. The fraction of sp³-hybridized carbons (Fsp3) is 0.105. The van der Waals surface area contributed by atoms with Gasteiger partial charge >= 0.3 is 0 Å². The van der Waals surface area contributed by atoms with Crippen molar-refractivity contribution < 1.29 is 9.53 Å². The zero-order valence-electron chi connectivity index (χ0n) is 15.8. The van der Waals surface area contributed by atoms with Crippen LogP contribution in [-0.2, 0) is 4.79 Å². The molecule has 3 aromatic rings. The van der Waals surface area contributed by atoms with Crippen LogP contribution in [0.25, 0.3) is 5.69 Å². The monoisotopic (exact) mass is 650 g/mol. The summed E-state index contributed by atoms with van der Waals surface area (Å²) in [6.07, 6.45) is 0. The maximum absolute atomic E-state index is 12.6. The minimum Gasteiger partial charge on any atom is -0.494 e. The Balaban J connectivity index is 1.85. The number of nitrogens with zero attached hydrogens (tertiary/aromatic N) is 2. The Morgan fingerprint density at radius 3 is 2.55 bits per heavy atom. The first-order valence-electron chi connectivity index (χ1n) is 8.51. The number of anilines is 2. The van der Waals surface area contributed by atoms with Gasteiger partial charge in [0.15, 0.2) is 5.16 Å². The summed E-state index contributed by atoms with van der Waals surface area (Å²) in [5.74, 6) is 0.421. The predicted octanol–water partition coefficient (Wildman–Crippen LogP) is 5.50. The normalized spacial score (nSPS) is 10.7. The van der Waals surface area contributed by atoms with Gasteiger partial charge in [-0.25, -0.2) is 0 Å². The lowest BCUT2D eigenvalue weighted by molar-refractivity contribution is -0.113. The number of hydrogen-bond donors (Lipinski definition) is 2. The predicted molar refractivity (Wildman–Crippen MR) is 135 cm³/mol. The van der Waals surface area contributed by atoms with Crippen molar-refractivity contribution in [3.05, 3.63) is 65.2 Å². The van der Waals surface area contributed by atoms with Gasteiger partial charge in [0.25, 0.3) is 5.56 Å². The molecule has 0 aliphatic heterocycles. The fourth-order valence-electron chi connectivity index (χ4n) is 2.60. The highest BCUT2D eigenvalue weighted by molar-refractivity contribution is 9.11. The molecule has 2 aromatic carbocycles. The lowest BCUT2D eigenvalue weighted by Crippen LogP contribution is -2.19. The number of aromatic nitrogens is 2. The molecule has 0 spiro atoms. The van der Waals surface area contributed by atoms with Crippen LogP contribution in [-0.4, -0.2) is 28.3 Å². The fourth-order valence-corrected chi connectivity index (χ4v) is 6.20. The smallest absolute Gasteiger partial charge is 0.275 e. The molecule has 0 atom stereocenters. The standard InChI is InChI=1S/C19H14Br3ClN4O3S/c1-30-18-12(21)6-11(20)17(16(18)22)25-15(29)8-31-19-26-14(28)7-13(24)27(19)10-4-2-9(23)3-5-10/h2-7H,8,24H2,1H3,(H,25,29). The van der Waals surface area contributed by atoms with Gasteiger partial charge in [0.2, 0.25) is 5.91 Å². The Bertz CT molecular complexity index is 1210. The number of carbonyl (C=O) groups excluding carboxylic acids is 1. The van der Waals surface area contributed by atoms with Crippen molar-refractivity contribution in [1.82, 2.24) is 9.55 Å². The molecular weight excluding hydrogens is 639 g/mol. The third kappa shape index (κ3) is 5.64. The second-order valence-electron chi connectivity index (χ2n) is 6.01. The highest BCUT2D eigenvalue weighted by atomic mass is 79.9. The zero-order valence-corrected chi connectivity index (χ0v) is 22.1. The quantitative estimate of drug-likeness (QED) is 0.270. The van der Waals surface area contributed by atoms with Crippen LogP contribution in [0.5, 0.6) is 5.75 Å². The first kappa shape index (κ1) is 24.1. The number of carbonyl (C=O) groups is 1. The summed E-state index contributed by atoms with van der Waals surface area (Å²) < 4.78 is 8.88. The Morgan fingerprint density at radius 2 is 1.90 bits per heavy atom. The largest absolute Gasteiger partial charge is 0.494 e. The molecule has 0 bridgehead atoms. The summed E-state index contributed by atoms with van der Waals surface area (Å²) in [5, 5.41) is 3.68. The molecule has 0 radical (unpaired) electrons. The summed E-state index contributed by atoms with van der Waals surface area (Å²) >= 11 is 17.3. The average molecular weight is 654 g/mol. The van der Waals surface area contributed by atoms with Crippen LogP contribution < -0.4 is 21.3 Å². The van der Waals surface area contributed by atoms with E-state index in [1.807, 2.05) is 0 Å². The summed E-state index contributed by atoms with van der Waals surface area (Å²) in [6.45, 7) is 0. The van der Waals surface area contributed by atoms with Gasteiger partial charge < -0.3 is 15.8 Å². The molecule has 1 amide bonds. The van der Waals surface area contributed by atoms with E-state index in [1.54, 1.807) is 34.9 Å². The van der Waals surface area contributed by atoms with Gasteiger partial charge in [0.05, 0.1) is 27.5 Å². The molecule has 0 fully saturated rings. The van der Waals surface area contributed by atoms with E-state index in [-0.39, 0.29) is 22.6 Å². The van der Waals surface area contributed by atoms with E-state index in [9.17, 15) is 9.59 Å². The van der Waals surface area contributed by atoms with Crippen molar-refractivity contribution in [3.63, 3.8) is 0 Å². The lowest BCUT2D eigenvalue weighted by atomic mass is 10.3. The maximum atomic E-state index is 12.6. The average Bonchev–Trinajstić information content (AvgIpc) is 2.70. The number of rotatable bonds is 6. The third-order valence-electron chi connectivity index (χ3n) is 3.94. The van der Waals surface area contributed by atoms with Crippen molar-refractivity contribution in [2.45, 2.75) is 5.16 Å². The second-order valence-corrected chi connectivity index (χ2v) is 9.89. The molecule has 3 N–H and O–H groups in total. The molecule has 7 nitrogen and oxygen atoms in total. The molecule has 0 unspecified atom stereocenters. The van der Waals surface area contributed by atoms with E-state index in [2.05, 4.69) is 58.1 Å². The Kier molecular flexibility index (Phi) is 8.08. The van der Waals surface area contributed by atoms with Crippen LogP contribution in [0.1, 0.15) is 0 Å². The maximum Gasteiger partial charge on any atom is 0.275 e. The Labute approximate surface area is 212 Å². The van der Waals surface area contributed by atoms with E-state index in [4.69, 9.17) is 22.1 Å². The molecule has 3 rings (SSSR count).